The Hall–Kier alpha value is -3.59. The molecule has 9 heteroatoms. The lowest BCUT2D eigenvalue weighted by atomic mass is 10.2. The Morgan fingerprint density at radius 3 is 2.58 bits per heavy atom. The zero-order chi connectivity index (χ0) is 22.4. The summed E-state index contributed by atoms with van der Waals surface area (Å²) >= 11 is 0. The van der Waals surface area contributed by atoms with Gasteiger partial charge in [-0.05, 0) is 42.8 Å². The maximum atomic E-state index is 12.6. The van der Waals surface area contributed by atoms with Crippen molar-refractivity contribution >= 4 is 39.5 Å². The minimum absolute atomic E-state index is 0.124. The van der Waals surface area contributed by atoms with E-state index in [1.807, 2.05) is 0 Å². The second-order valence-corrected chi connectivity index (χ2v) is 8.33. The number of amides is 1. The number of benzene rings is 2. The summed E-state index contributed by atoms with van der Waals surface area (Å²) in [6, 6.07) is 13.0. The van der Waals surface area contributed by atoms with E-state index in [2.05, 4.69) is 15.2 Å². The predicted molar refractivity (Wildman–Crippen MR) is 119 cm³/mol. The lowest BCUT2D eigenvalue weighted by molar-refractivity contribution is -0.115. The van der Waals surface area contributed by atoms with Gasteiger partial charge in [0.15, 0.2) is 5.76 Å². The number of methoxy groups -OCH3 is 1. The van der Waals surface area contributed by atoms with E-state index in [0.29, 0.717) is 35.0 Å². The number of nitrogens with zero attached hydrogens (tertiary/aromatic N) is 1. The van der Waals surface area contributed by atoms with Crippen molar-refractivity contribution in [2.24, 2.45) is 0 Å². The quantitative estimate of drug-likeness (QED) is 0.539. The summed E-state index contributed by atoms with van der Waals surface area (Å²) in [6.45, 7) is 3.49. The first-order valence-corrected chi connectivity index (χ1v) is 11.0. The van der Waals surface area contributed by atoms with E-state index in [9.17, 15) is 13.2 Å². The molecule has 0 bridgehead atoms. The maximum Gasteiger partial charge on any atom is 0.261 e. The lowest BCUT2D eigenvalue weighted by Gasteiger charge is -2.09. The standard InChI is InChI=1S/C22H23N3O5S/c1-4-21(26)23-22-15(2)24-30-20(22)13-10-16-8-11-19(12-9-16)31(27,28)25-17-6-5-7-18(14-17)29-3/h5-14,25H,4H2,1-3H3,(H,23,26)/b13-10-. The summed E-state index contributed by atoms with van der Waals surface area (Å²) in [4.78, 5) is 11.8. The smallest absolute Gasteiger partial charge is 0.261 e. The molecule has 8 nitrogen and oxygen atoms in total. The number of aryl methyl sites for hydroxylation is 1. The molecule has 0 radical (unpaired) electrons. The molecule has 0 aliphatic carbocycles. The average Bonchev–Trinajstić information content (AvgIpc) is 3.11. The summed E-state index contributed by atoms with van der Waals surface area (Å²) in [5.41, 5.74) is 2.25. The molecule has 3 aromatic rings. The number of rotatable bonds is 8. The Kier molecular flexibility index (Phi) is 6.76. The van der Waals surface area contributed by atoms with Crippen molar-refractivity contribution in [3.8, 4) is 5.75 Å². The maximum absolute atomic E-state index is 12.6. The number of hydrogen-bond donors (Lipinski definition) is 2. The number of ether oxygens (including phenoxy) is 1. The third-order valence-electron chi connectivity index (χ3n) is 4.41. The van der Waals surface area contributed by atoms with Gasteiger partial charge >= 0.3 is 0 Å². The van der Waals surface area contributed by atoms with Gasteiger partial charge in [0.25, 0.3) is 10.0 Å². The van der Waals surface area contributed by atoms with Gasteiger partial charge in [0, 0.05) is 12.5 Å². The minimum Gasteiger partial charge on any atom is -0.497 e. The molecule has 0 saturated carbocycles. The zero-order valence-electron chi connectivity index (χ0n) is 17.4. The highest BCUT2D eigenvalue weighted by molar-refractivity contribution is 7.92. The summed E-state index contributed by atoms with van der Waals surface area (Å²) < 4.78 is 38.2. The molecule has 0 atom stereocenters. The molecule has 162 valence electrons. The largest absolute Gasteiger partial charge is 0.497 e. The first-order chi connectivity index (χ1) is 14.8. The van der Waals surface area contributed by atoms with Crippen molar-refractivity contribution < 1.29 is 22.5 Å². The van der Waals surface area contributed by atoms with Crippen LogP contribution < -0.4 is 14.8 Å². The van der Waals surface area contributed by atoms with E-state index in [-0.39, 0.29) is 10.8 Å². The van der Waals surface area contributed by atoms with Crippen LogP contribution in [0, 0.1) is 6.92 Å². The molecule has 0 aliphatic heterocycles. The van der Waals surface area contributed by atoms with Crippen LogP contribution in [-0.4, -0.2) is 26.6 Å². The van der Waals surface area contributed by atoms with Crippen molar-refractivity contribution in [1.29, 1.82) is 0 Å². The molecule has 1 aromatic heterocycles. The van der Waals surface area contributed by atoms with Crippen LogP contribution in [0.15, 0.2) is 57.9 Å². The predicted octanol–water partition coefficient (Wildman–Crippen LogP) is 4.31. The molecule has 1 heterocycles. The second kappa shape index (κ2) is 9.48. The Morgan fingerprint density at radius 2 is 1.90 bits per heavy atom. The summed E-state index contributed by atoms with van der Waals surface area (Å²) in [5.74, 6) is 0.826. The van der Waals surface area contributed by atoms with Crippen LogP contribution in [0.4, 0.5) is 11.4 Å². The zero-order valence-corrected chi connectivity index (χ0v) is 18.2. The average molecular weight is 442 g/mol. The topological polar surface area (TPSA) is 111 Å². The van der Waals surface area contributed by atoms with Gasteiger partial charge < -0.3 is 14.6 Å². The molecule has 0 spiro atoms. The molecule has 0 fully saturated rings. The number of carbonyl (C=O) groups excluding carboxylic acids is 1. The first kappa shape index (κ1) is 22.1. The van der Waals surface area contributed by atoms with Gasteiger partial charge in [-0.15, -0.1) is 0 Å². The second-order valence-electron chi connectivity index (χ2n) is 6.65. The lowest BCUT2D eigenvalue weighted by Crippen LogP contribution is -2.12. The number of carbonyl (C=O) groups is 1. The van der Waals surface area contributed by atoms with Crippen molar-refractivity contribution in [2.75, 3.05) is 17.1 Å². The summed E-state index contributed by atoms with van der Waals surface area (Å²) in [5, 5.41) is 6.64. The number of anilines is 2. The highest BCUT2D eigenvalue weighted by atomic mass is 32.2. The van der Waals surface area contributed by atoms with Gasteiger partial charge in [-0.1, -0.05) is 36.4 Å². The Morgan fingerprint density at radius 1 is 1.16 bits per heavy atom. The third-order valence-corrected chi connectivity index (χ3v) is 5.81. The summed E-state index contributed by atoms with van der Waals surface area (Å²) in [6.07, 6.45) is 3.75. The molecular formula is C22H23N3O5S. The monoisotopic (exact) mass is 441 g/mol. The molecule has 3 rings (SSSR count). The minimum atomic E-state index is -3.75. The SMILES string of the molecule is CCC(=O)Nc1c(C)noc1/C=C\c1ccc(S(=O)(=O)Nc2cccc(OC)c2)cc1. The molecule has 2 N–H and O–H groups in total. The fraction of sp³-hybridized carbons (Fsp3) is 0.182. The fourth-order valence-corrected chi connectivity index (χ4v) is 3.76. The Balaban J connectivity index is 1.75. The normalized spacial score (nSPS) is 11.5. The highest BCUT2D eigenvalue weighted by Crippen LogP contribution is 2.24. The first-order valence-electron chi connectivity index (χ1n) is 9.53. The van der Waals surface area contributed by atoms with E-state index < -0.39 is 10.0 Å². The number of sulfonamides is 1. The highest BCUT2D eigenvalue weighted by Gasteiger charge is 2.15. The van der Waals surface area contributed by atoms with Gasteiger partial charge in [0.05, 0.1) is 17.7 Å². The molecular weight excluding hydrogens is 418 g/mol. The van der Waals surface area contributed by atoms with Gasteiger partial charge in [-0.2, -0.15) is 0 Å². The summed E-state index contributed by atoms with van der Waals surface area (Å²) in [7, 11) is -2.23. The van der Waals surface area contributed by atoms with Crippen LogP contribution in [0.5, 0.6) is 5.75 Å². The van der Waals surface area contributed by atoms with Crippen LogP contribution in [-0.2, 0) is 14.8 Å². The van der Waals surface area contributed by atoms with Gasteiger partial charge in [0.2, 0.25) is 5.91 Å². The van der Waals surface area contributed by atoms with Crippen LogP contribution >= 0.6 is 0 Å². The molecule has 0 aliphatic rings. The number of aromatic nitrogens is 1. The Labute approximate surface area is 181 Å². The molecule has 0 unspecified atom stereocenters. The van der Waals surface area contributed by atoms with E-state index >= 15 is 0 Å². The van der Waals surface area contributed by atoms with E-state index in [0.717, 1.165) is 5.56 Å². The van der Waals surface area contributed by atoms with Gasteiger partial charge in [-0.3, -0.25) is 9.52 Å². The molecule has 1 amide bonds. The fourth-order valence-electron chi connectivity index (χ4n) is 2.71. The van der Waals surface area contributed by atoms with Crippen molar-refractivity contribution in [2.45, 2.75) is 25.2 Å². The van der Waals surface area contributed by atoms with Crippen LogP contribution in [0.1, 0.15) is 30.4 Å². The van der Waals surface area contributed by atoms with Crippen molar-refractivity contribution in [1.82, 2.24) is 5.16 Å². The van der Waals surface area contributed by atoms with Crippen LogP contribution in [0.3, 0.4) is 0 Å². The molecule has 31 heavy (non-hydrogen) atoms. The molecule has 2 aromatic carbocycles. The van der Waals surface area contributed by atoms with Gasteiger partial charge in [-0.25, -0.2) is 8.42 Å². The van der Waals surface area contributed by atoms with Crippen LogP contribution in [0.25, 0.3) is 12.2 Å². The Bertz CT molecular complexity index is 1200. The van der Waals surface area contributed by atoms with Crippen LogP contribution in [0.2, 0.25) is 0 Å². The number of hydrogen-bond acceptors (Lipinski definition) is 6. The van der Waals surface area contributed by atoms with E-state index in [1.165, 1.54) is 19.2 Å². The van der Waals surface area contributed by atoms with Crippen molar-refractivity contribution in [3.05, 3.63) is 65.5 Å². The van der Waals surface area contributed by atoms with E-state index in [1.54, 1.807) is 62.4 Å². The van der Waals surface area contributed by atoms with Gasteiger partial charge in [0.1, 0.15) is 17.1 Å². The third kappa shape index (κ3) is 5.52. The number of nitrogens with one attached hydrogen (secondary N) is 2. The van der Waals surface area contributed by atoms with Crippen molar-refractivity contribution in [3.63, 3.8) is 0 Å². The van der Waals surface area contributed by atoms with E-state index in [4.69, 9.17) is 9.26 Å². The molecule has 0 saturated heterocycles.